The number of carbonyl (C=O) groups excluding carboxylic acids is 1. The lowest BCUT2D eigenvalue weighted by Crippen LogP contribution is -2.32. The summed E-state index contributed by atoms with van der Waals surface area (Å²) < 4.78 is 5.56. The van der Waals surface area contributed by atoms with Gasteiger partial charge in [0.15, 0.2) is 0 Å². The molecule has 1 aliphatic heterocycles. The van der Waals surface area contributed by atoms with Crippen molar-refractivity contribution < 1.29 is 9.53 Å². The van der Waals surface area contributed by atoms with Gasteiger partial charge in [0, 0.05) is 31.1 Å². The third kappa shape index (κ3) is 4.38. The highest BCUT2D eigenvalue weighted by Gasteiger charge is 2.19. The van der Waals surface area contributed by atoms with Crippen molar-refractivity contribution in [3.05, 3.63) is 47.3 Å². The predicted octanol–water partition coefficient (Wildman–Crippen LogP) is 3.16. The van der Waals surface area contributed by atoms with E-state index in [1.54, 1.807) is 6.07 Å². The molecule has 0 spiro atoms. The maximum atomic E-state index is 12.5. The number of hydrogen-bond acceptors (Lipinski definition) is 5. The number of amides is 1. The molecule has 0 saturated carbocycles. The van der Waals surface area contributed by atoms with Crippen LogP contribution in [-0.4, -0.2) is 41.7 Å². The van der Waals surface area contributed by atoms with Crippen LogP contribution < -0.4 is 10.2 Å². The van der Waals surface area contributed by atoms with Gasteiger partial charge in [0.25, 0.3) is 5.91 Å². The Morgan fingerprint density at radius 2 is 2.15 bits per heavy atom. The number of carbonyl (C=O) groups is 1. The maximum absolute atomic E-state index is 12.5. The van der Waals surface area contributed by atoms with E-state index in [2.05, 4.69) is 34.3 Å². The van der Waals surface area contributed by atoms with E-state index in [9.17, 15) is 4.79 Å². The summed E-state index contributed by atoms with van der Waals surface area (Å²) in [6.07, 6.45) is 2.16. The smallest absolute Gasteiger partial charge is 0.270 e. The largest absolute Gasteiger partial charge is 0.376 e. The van der Waals surface area contributed by atoms with Crippen molar-refractivity contribution in [1.29, 1.82) is 0 Å². The minimum atomic E-state index is -0.187. The fourth-order valence-electron chi connectivity index (χ4n) is 3.13. The van der Waals surface area contributed by atoms with Gasteiger partial charge in [0.1, 0.15) is 5.69 Å². The molecule has 2 heterocycles. The van der Waals surface area contributed by atoms with Gasteiger partial charge in [-0.15, -0.1) is 0 Å². The van der Waals surface area contributed by atoms with Crippen molar-refractivity contribution in [3.8, 4) is 0 Å². The molecule has 1 saturated heterocycles. The van der Waals surface area contributed by atoms with Crippen LogP contribution in [0, 0.1) is 13.8 Å². The molecule has 1 atom stereocenters. The summed E-state index contributed by atoms with van der Waals surface area (Å²) in [5, 5.41) is 2.93. The van der Waals surface area contributed by atoms with Gasteiger partial charge in [0.05, 0.1) is 6.10 Å². The lowest BCUT2D eigenvalue weighted by atomic mass is 10.2. The molecule has 1 aromatic carbocycles. The van der Waals surface area contributed by atoms with Gasteiger partial charge in [-0.3, -0.25) is 4.79 Å². The van der Waals surface area contributed by atoms with Gasteiger partial charge in [-0.2, -0.15) is 0 Å². The van der Waals surface area contributed by atoms with Crippen LogP contribution in [0.25, 0.3) is 0 Å². The maximum Gasteiger partial charge on any atom is 0.270 e. The Kier molecular flexibility index (Phi) is 5.83. The molecule has 6 nitrogen and oxygen atoms in total. The molecular weight excluding hydrogens is 328 g/mol. The molecule has 138 valence electrons. The minimum Gasteiger partial charge on any atom is -0.376 e. The number of nitrogens with one attached hydrogen (secondary N) is 1. The van der Waals surface area contributed by atoms with Crippen LogP contribution in [0.4, 0.5) is 11.6 Å². The highest BCUT2D eigenvalue weighted by atomic mass is 16.5. The third-order valence-electron chi connectivity index (χ3n) is 4.46. The first kappa shape index (κ1) is 18.3. The van der Waals surface area contributed by atoms with Crippen LogP contribution in [0.2, 0.25) is 0 Å². The summed E-state index contributed by atoms with van der Waals surface area (Å²) in [6, 6.07) is 9.90. The topological polar surface area (TPSA) is 67.4 Å². The van der Waals surface area contributed by atoms with Crippen molar-refractivity contribution in [2.24, 2.45) is 0 Å². The Hall–Kier alpha value is -2.47. The highest BCUT2D eigenvalue weighted by molar-refractivity contribution is 5.92. The highest BCUT2D eigenvalue weighted by Crippen LogP contribution is 2.23. The van der Waals surface area contributed by atoms with Gasteiger partial charge in [-0.05, 0) is 57.4 Å². The first-order valence-corrected chi connectivity index (χ1v) is 9.16. The van der Waals surface area contributed by atoms with E-state index >= 15 is 0 Å². The van der Waals surface area contributed by atoms with Crippen LogP contribution in [0.3, 0.4) is 0 Å². The van der Waals surface area contributed by atoms with Gasteiger partial charge in [-0.1, -0.05) is 12.1 Å². The first-order chi connectivity index (χ1) is 12.6. The molecule has 1 amide bonds. The Balaban J connectivity index is 1.80. The molecule has 1 aromatic heterocycles. The molecule has 0 radical (unpaired) electrons. The SMILES string of the molecule is CCN(c1cccc(C)c1)c1nc(C)cc(C(=O)NCC2CCCO2)n1. The van der Waals surface area contributed by atoms with Crippen molar-refractivity contribution >= 4 is 17.5 Å². The summed E-state index contributed by atoms with van der Waals surface area (Å²) >= 11 is 0. The molecule has 26 heavy (non-hydrogen) atoms. The van der Waals surface area contributed by atoms with Crippen LogP contribution >= 0.6 is 0 Å². The average molecular weight is 354 g/mol. The summed E-state index contributed by atoms with van der Waals surface area (Å²) in [7, 11) is 0. The van der Waals surface area contributed by atoms with E-state index in [-0.39, 0.29) is 12.0 Å². The number of aryl methyl sites for hydroxylation is 2. The monoisotopic (exact) mass is 354 g/mol. The molecule has 6 heteroatoms. The van der Waals surface area contributed by atoms with Gasteiger partial charge in [-0.25, -0.2) is 9.97 Å². The number of benzene rings is 1. The lowest BCUT2D eigenvalue weighted by Gasteiger charge is -2.22. The van der Waals surface area contributed by atoms with E-state index in [0.29, 0.717) is 24.7 Å². The molecule has 1 aliphatic rings. The fraction of sp³-hybridized carbons (Fsp3) is 0.450. The van der Waals surface area contributed by atoms with E-state index in [4.69, 9.17) is 4.74 Å². The molecule has 0 bridgehead atoms. The normalized spacial score (nSPS) is 16.5. The van der Waals surface area contributed by atoms with Crippen LogP contribution in [-0.2, 0) is 4.74 Å². The fourth-order valence-corrected chi connectivity index (χ4v) is 3.13. The minimum absolute atomic E-state index is 0.112. The predicted molar refractivity (Wildman–Crippen MR) is 102 cm³/mol. The van der Waals surface area contributed by atoms with Gasteiger partial charge >= 0.3 is 0 Å². The van der Waals surface area contributed by atoms with Crippen molar-refractivity contribution in [2.45, 2.75) is 39.7 Å². The zero-order valence-corrected chi connectivity index (χ0v) is 15.7. The Labute approximate surface area is 154 Å². The van der Waals surface area contributed by atoms with Crippen LogP contribution in [0.15, 0.2) is 30.3 Å². The zero-order chi connectivity index (χ0) is 18.5. The molecule has 1 N–H and O–H groups in total. The molecule has 1 fully saturated rings. The second kappa shape index (κ2) is 8.27. The quantitative estimate of drug-likeness (QED) is 0.863. The Bertz CT molecular complexity index is 772. The lowest BCUT2D eigenvalue weighted by molar-refractivity contribution is 0.0853. The number of aromatic nitrogens is 2. The van der Waals surface area contributed by atoms with E-state index < -0.39 is 0 Å². The molecular formula is C20H26N4O2. The Morgan fingerprint density at radius 1 is 1.31 bits per heavy atom. The van der Waals surface area contributed by atoms with Crippen LogP contribution in [0.5, 0.6) is 0 Å². The third-order valence-corrected chi connectivity index (χ3v) is 4.46. The summed E-state index contributed by atoms with van der Waals surface area (Å²) in [6.45, 7) is 7.99. The zero-order valence-electron chi connectivity index (χ0n) is 15.7. The van der Waals surface area contributed by atoms with Crippen LogP contribution in [0.1, 0.15) is 41.5 Å². The van der Waals surface area contributed by atoms with E-state index in [0.717, 1.165) is 30.8 Å². The summed E-state index contributed by atoms with van der Waals surface area (Å²) in [4.78, 5) is 23.6. The van der Waals surface area contributed by atoms with Crippen molar-refractivity contribution in [3.63, 3.8) is 0 Å². The number of rotatable bonds is 6. The first-order valence-electron chi connectivity index (χ1n) is 9.16. The average Bonchev–Trinajstić information content (AvgIpc) is 3.13. The number of nitrogens with zero attached hydrogens (tertiary/aromatic N) is 3. The van der Waals surface area contributed by atoms with Crippen molar-refractivity contribution in [1.82, 2.24) is 15.3 Å². The molecule has 0 aliphatic carbocycles. The van der Waals surface area contributed by atoms with E-state index in [1.807, 2.05) is 30.9 Å². The van der Waals surface area contributed by atoms with Gasteiger partial charge < -0.3 is 15.0 Å². The molecule has 2 aromatic rings. The number of anilines is 2. The summed E-state index contributed by atoms with van der Waals surface area (Å²) in [5.74, 6) is 0.355. The number of ether oxygens (including phenoxy) is 1. The van der Waals surface area contributed by atoms with Crippen molar-refractivity contribution in [2.75, 3.05) is 24.6 Å². The standard InChI is InChI=1S/C20H26N4O2/c1-4-24(16-8-5-7-14(2)11-16)20-22-15(3)12-18(23-20)19(25)21-13-17-9-6-10-26-17/h5,7-8,11-12,17H,4,6,9-10,13H2,1-3H3,(H,21,25). The Morgan fingerprint density at radius 3 is 2.85 bits per heavy atom. The summed E-state index contributed by atoms with van der Waals surface area (Å²) in [5.41, 5.74) is 3.34. The second-order valence-electron chi connectivity index (χ2n) is 6.62. The molecule has 1 unspecified atom stereocenters. The number of hydrogen-bond donors (Lipinski definition) is 1. The van der Waals surface area contributed by atoms with Gasteiger partial charge in [0.2, 0.25) is 5.95 Å². The molecule has 3 rings (SSSR count). The van der Waals surface area contributed by atoms with E-state index in [1.165, 1.54) is 5.56 Å². The second-order valence-corrected chi connectivity index (χ2v) is 6.62.